The summed E-state index contributed by atoms with van der Waals surface area (Å²) in [5, 5.41) is 2.82. The van der Waals surface area contributed by atoms with Crippen molar-refractivity contribution in [3.63, 3.8) is 0 Å². The Morgan fingerprint density at radius 1 is 0.775 bits per heavy atom. The normalized spacial score (nSPS) is 25.8. The maximum atomic E-state index is 13.8. The minimum atomic E-state index is -1.17. The van der Waals surface area contributed by atoms with Crippen LogP contribution in [-0.4, -0.2) is 34.9 Å². The highest BCUT2D eigenvalue weighted by Gasteiger charge is 2.72. The summed E-state index contributed by atoms with van der Waals surface area (Å²) in [6.45, 7) is 1.73. The smallest absolute Gasteiger partial charge is 0.235 e. The molecule has 1 fully saturated rings. The Hall–Kier alpha value is -3.48. The van der Waals surface area contributed by atoms with E-state index in [4.69, 9.17) is 23.2 Å². The molecule has 1 N–H and O–H groups in total. The number of carbonyl (C=O) groups is 4. The lowest BCUT2D eigenvalue weighted by atomic mass is 9.54. The molecule has 7 rings (SSSR count). The summed E-state index contributed by atoms with van der Waals surface area (Å²) in [5.41, 5.74) is 4.26. The molecule has 1 saturated heterocycles. The van der Waals surface area contributed by atoms with Crippen LogP contribution < -0.4 is 5.32 Å². The molecule has 3 aromatic rings. The first-order chi connectivity index (χ1) is 19.2. The highest BCUT2D eigenvalue weighted by atomic mass is 35.5. The average molecular weight is 575 g/mol. The SMILES string of the molecule is CC(=O)c1cccc(NC(=O)CCCCCN2C(=O)[C@H]3[C@H](C2=O)C2(Cl)c4ccccc4C3(Cl)c3ccccc32)c1. The van der Waals surface area contributed by atoms with Gasteiger partial charge in [-0.05, 0) is 54.2 Å². The molecule has 8 heteroatoms. The van der Waals surface area contributed by atoms with Gasteiger partial charge in [0.2, 0.25) is 17.7 Å². The van der Waals surface area contributed by atoms with Gasteiger partial charge in [0.05, 0.1) is 11.8 Å². The number of hydrogen-bond donors (Lipinski definition) is 1. The number of benzene rings is 3. The lowest BCUT2D eigenvalue weighted by Gasteiger charge is -2.54. The molecule has 1 heterocycles. The quantitative estimate of drug-likeness (QED) is 0.155. The fourth-order valence-electron chi connectivity index (χ4n) is 6.72. The molecule has 1 aliphatic heterocycles. The van der Waals surface area contributed by atoms with E-state index < -0.39 is 21.6 Å². The zero-order valence-electron chi connectivity index (χ0n) is 22.0. The first-order valence-corrected chi connectivity index (χ1v) is 14.3. The number of rotatable bonds is 8. The van der Waals surface area contributed by atoms with Crippen molar-refractivity contribution in [3.8, 4) is 0 Å². The van der Waals surface area contributed by atoms with E-state index in [0.717, 1.165) is 22.3 Å². The predicted molar refractivity (Wildman–Crippen MR) is 153 cm³/mol. The molecule has 40 heavy (non-hydrogen) atoms. The summed E-state index contributed by atoms with van der Waals surface area (Å²) >= 11 is 14.9. The maximum absolute atomic E-state index is 13.8. The van der Waals surface area contributed by atoms with Crippen LogP contribution in [0.5, 0.6) is 0 Å². The molecular formula is C32H28Cl2N2O4. The highest BCUT2D eigenvalue weighted by molar-refractivity contribution is 6.36. The number of anilines is 1. The molecule has 6 nitrogen and oxygen atoms in total. The Morgan fingerprint density at radius 3 is 1.80 bits per heavy atom. The summed E-state index contributed by atoms with van der Waals surface area (Å²) < 4.78 is 0. The van der Waals surface area contributed by atoms with Crippen molar-refractivity contribution in [2.45, 2.75) is 42.4 Å². The van der Waals surface area contributed by atoms with Gasteiger partial charge in [0, 0.05) is 24.2 Å². The van der Waals surface area contributed by atoms with Gasteiger partial charge in [-0.1, -0.05) is 67.1 Å². The topological polar surface area (TPSA) is 83.6 Å². The number of alkyl halides is 2. The molecule has 3 amide bonds. The fourth-order valence-corrected chi connectivity index (χ4v) is 7.81. The first kappa shape index (κ1) is 26.7. The van der Waals surface area contributed by atoms with Gasteiger partial charge >= 0.3 is 0 Å². The average Bonchev–Trinajstić information content (AvgIpc) is 3.22. The van der Waals surface area contributed by atoms with Crippen molar-refractivity contribution in [1.29, 1.82) is 0 Å². The number of amides is 3. The minimum Gasteiger partial charge on any atom is -0.326 e. The monoisotopic (exact) mass is 574 g/mol. The van der Waals surface area contributed by atoms with Gasteiger partial charge in [-0.25, -0.2) is 0 Å². The number of unbranched alkanes of at least 4 members (excludes halogenated alkanes) is 2. The van der Waals surface area contributed by atoms with E-state index in [1.807, 2.05) is 48.5 Å². The molecule has 3 aliphatic carbocycles. The van der Waals surface area contributed by atoms with Crippen molar-refractivity contribution >= 4 is 52.4 Å². The molecule has 4 aliphatic rings. The lowest BCUT2D eigenvalue weighted by Crippen LogP contribution is -2.57. The van der Waals surface area contributed by atoms with Gasteiger partial charge in [-0.15, -0.1) is 23.2 Å². The largest absolute Gasteiger partial charge is 0.326 e. The molecule has 0 aromatic heterocycles. The number of hydrogen-bond acceptors (Lipinski definition) is 4. The van der Waals surface area contributed by atoms with Crippen molar-refractivity contribution in [1.82, 2.24) is 4.90 Å². The second-order valence-electron chi connectivity index (χ2n) is 10.8. The third-order valence-corrected chi connectivity index (χ3v) is 9.80. The molecular weight excluding hydrogens is 547 g/mol. The predicted octanol–water partition coefficient (Wildman–Crippen LogP) is 5.98. The van der Waals surface area contributed by atoms with E-state index in [1.54, 1.807) is 24.3 Å². The van der Waals surface area contributed by atoms with Gasteiger partial charge in [0.25, 0.3) is 0 Å². The summed E-state index contributed by atoms with van der Waals surface area (Å²) in [7, 11) is 0. The van der Waals surface area contributed by atoms with Crippen LogP contribution in [0.25, 0.3) is 0 Å². The van der Waals surface area contributed by atoms with E-state index in [1.165, 1.54) is 11.8 Å². The Balaban J connectivity index is 1.14. The zero-order chi connectivity index (χ0) is 28.2. The summed E-state index contributed by atoms with van der Waals surface area (Å²) in [4.78, 5) is 50.6. The molecule has 3 aromatic carbocycles. The van der Waals surface area contributed by atoms with Crippen LogP contribution in [0.15, 0.2) is 72.8 Å². The lowest BCUT2D eigenvalue weighted by molar-refractivity contribution is -0.140. The third-order valence-electron chi connectivity index (χ3n) is 8.52. The zero-order valence-corrected chi connectivity index (χ0v) is 23.5. The van der Waals surface area contributed by atoms with Crippen LogP contribution in [-0.2, 0) is 24.1 Å². The van der Waals surface area contributed by atoms with E-state index >= 15 is 0 Å². The van der Waals surface area contributed by atoms with Gasteiger partial charge in [0.1, 0.15) is 9.75 Å². The van der Waals surface area contributed by atoms with Gasteiger partial charge in [0.15, 0.2) is 5.78 Å². The first-order valence-electron chi connectivity index (χ1n) is 13.5. The molecule has 204 valence electrons. The Bertz CT molecular complexity index is 1450. The number of nitrogens with zero attached hydrogens (tertiary/aromatic N) is 1. The van der Waals surface area contributed by atoms with Crippen molar-refractivity contribution in [3.05, 3.63) is 101 Å². The number of carbonyl (C=O) groups excluding carboxylic acids is 4. The number of likely N-dealkylation sites (tertiary alicyclic amines) is 1. The van der Waals surface area contributed by atoms with Crippen LogP contribution in [0, 0.1) is 11.8 Å². The molecule has 0 radical (unpaired) electrons. The van der Waals surface area contributed by atoms with E-state index in [-0.39, 0.29) is 36.5 Å². The Labute approximate surface area is 242 Å². The Kier molecular flexibility index (Phi) is 6.59. The van der Waals surface area contributed by atoms with Crippen molar-refractivity contribution in [2.75, 3.05) is 11.9 Å². The molecule has 2 atom stereocenters. The van der Waals surface area contributed by atoms with Crippen molar-refractivity contribution < 1.29 is 19.2 Å². The number of ketones is 1. The fraction of sp³-hybridized carbons (Fsp3) is 0.312. The van der Waals surface area contributed by atoms with Crippen LogP contribution >= 0.6 is 23.2 Å². The minimum absolute atomic E-state index is 0.0668. The van der Waals surface area contributed by atoms with Crippen LogP contribution in [0.3, 0.4) is 0 Å². The maximum Gasteiger partial charge on any atom is 0.235 e. The molecule has 0 saturated carbocycles. The van der Waals surface area contributed by atoms with Crippen LogP contribution in [0.2, 0.25) is 0 Å². The molecule has 0 spiro atoms. The third kappa shape index (κ3) is 3.84. The second kappa shape index (κ2) is 9.86. The molecule has 0 unspecified atom stereocenters. The van der Waals surface area contributed by atoms with Crippen LogP contribution in [0.1, 0.15) is 65.2 Å². The number of imide groups is 1. The van der Waals surface area contributed by atoms with E-state index in [2.05, 4.69) is 5.32 Å². The second-order valence-corrected chi connectivity index (χ2v) is 12.0. The van der Waals surface area contributed by atoms with Crippen molar-refractivity contribution in [2.24, 2.45) is 11.8 Å². The number of halogens is 2. The molecule has 2 bridgehead atoms. The number of nitrogens with one attached hydrogen (secondary N) is 1. The standard InChI is InChI=1S/C32H28Cl2N2O4/c1-19(37)20-10-9-11-21(18-20)35-26(38)16-3-2-8-17-36-29(39)27-28(30(36)40)32(34)23-13-5-4-12-22(23)31(27,33)24-14-6-7-15-25(24)32/h4-7,9-15,18,27-28H,2-3,8,16-17H2,1H3,(H,35,38)/t27-,28-,31?,32?/m1/s1. The van der Waals surface area contributed by atoms with E-state index in [0.29, 0.717) is 30.5 Å². The highest BCUT2D eigenvalue weighted by Crippen LogP contribution is 2.69. The van der Waals surface area contributed by atoms with E-state index in [9.17, 15) is 19.2 Å². The summed E-state index contributed by atoms with van der Waals surface area (Å²) in [6.07, 6.45) is 2.11. The van der Waals surface area contributed by atoms with Gasteiger partial charge < -0.3 is 5.32 Å². The Morgan fingerprint density at radius 2 is 1.30 bits per heavy atom. The van der Waals surface area contributed by atoms with Crippen LogP contribution in [0.4, 0.5) is 5.69 Å². The summed E-state index contributed by atoms with van der Waals surface area (Å²) in [6, 6.07) is 22.0. The summed E-state index contributed by atoms with van der Waals surface area (Å²) in [5.74, 6) is -2.38. The van der Waals surface area contributed by atoms with Gasteiger partial charge in [-0.2, -0.15) is 0 Å². The number of Topliss-reactive ketones (excluding diaryl/α,β-unsaturated/α-hetero) is 1. The van der Waals surface area contributed by atoms with Gasteiger partial charge in [-0.3, -0.25) is 24.1 Å².